The highest BCUT2D eigenvalue weighted by Crippen LogP contribution is 2.54. The minimum Gasteiger partial charge on any atom is -0.328 e. The lowest BCUT2D eigenvalue weighted by atomic mass is 9.83. The Morgan fingerprint density at radius 3 is 1.54 bits per heavy atom. The molecule has 0 saturated carbocycles. The SMILES string of the molecule is CCCCCCC(F)(F)C(F)(F)C(F)(CCC)C(OC)(OC)OC. The van der Waals surface area contributed by atoms with Crippen LogP contribution in [0.5, 0.6) is 0 Å². The van der Waals surface area contributed by atoms with Gasteiger partial charge in [0.05, 0.1) is 0 Å². The first-order chi connectivity index (χ1) is 11.1. The fourth-order valence-electron chi connectivity index (χ4n) is 2.80. The van der Waals surface area contributed by atoms with Crippen LogP contribution in [0.3, 0.4) is 0 Å². The second-order valence-electron chi connectivity index (χ2n) is 5.81. The average molecular weight is 364 g/mol. The van der Waals surface area contributed by atoms with Crippen LogP contribution in [0.4, 0.5) is 22.0 Å². The van der Waals surface area contributed by atoms with Crippen LogP contribution >= 0.6 is 0 Å². The first-order valence-electron chi connectivity index (χ1n) is 8.15. The minimum atomic E-state index is -5.04. The van der Waals surface area contributed by atoms with Gasteiger partial charge in [0.1, 0.15) is 0 Å². The van der Waals surface area contributed by atoms with E-state index in [-0.39, 0.29) is 12.8 Å². The molecule has 0 radical (unpaired) electrons. The van der Waals surface area contributed by atoms with Gasteiger partial charge in [-0.2, -0.15) is 17.6 Å². The maximum absolute atomic E-state index is 15.4. The van der Waals surface area contributed by atoms with Gasteiger partial charge in [0.25, 0.3) is 5.67 Å². The number of alkyl halides is 5. The third-order valence-corrected chi connectivity index (χ3v) is 4.19. The summed E-state index contributed by atoms with van der Waals surface area (Å²) in [4.78, 5) is 0. The molecule has 0 aliphatic carbocycles. The Morgan fingerprint density at radius 2 is 1.17 bits per heavy atom. The van der Waals surface area contributed by atoms with Crippen molar-refractivity contribution >= 4 is 0 Å². The summed E-state index contributed by atoms with van der Waals surface area (Å²) < 4.78 is 87.0. The Morgan fingerprint density at radius 1 is 0.667 bits per heavy atom. The maximum atomic E-state index is 15.4. The Hall–Kier alpha value is -0.470. The van der Waals surface area contributed by atoms with Gasteiger partial charge >= 0.3 is 17.8 Å². The van der Waals surface area contributed by atoms with E-state index in [2.05, 4.69) is 14.2 Å². The van der Waals surface area contributed by atoms with Crippen LogP contribution in [0, 0.1) is 0 Å². The molecule has 0 rings (SSSR count). The highest BCUT2D eigenvalue weighted by molar-refractivity contribution is 5.07. The molecule has 0 heterocycles. The van der Waals surface area contributed by atoms with E-state index in [1.54, 1.807) is 0 Å². The van der Waals surface area contributed by atoms with Gasteiger partial charge in [0, 0.05) is 27.8 Å². The van der Waals surface area contributed by atoms with Crippen molar-refractivity contribution in [1.82, 2.24) is 0 Å². The fraction of sp³-hybridized carbons (Fsp3) is 1.00. The van der Waals surface area contributed by atoms with E-state index in [0.29, 0.717) is 12.8 Å². The average Bonchev–Trinajstić information content (AvgIpc) is 2.53. The van der Waals surface area contributed by atoms with Gasteiger partial charge in [0.15, 0.2) is 0 Å². The highest BCUT2D eigenvalue weighted by Gasteiger charge is 2.77. The monoisotopic (exact) mass is 364 g/mol. The van der Waals surface area contributed by atoms with Crippen molar-refractivity contribution < 1.29 is 36.2 Å². The van der Waals surface area contributed by atoms with Crippen molar-refractivity contribution in [3.63, 3.8) is 0 Å². The van der Waals surface area contributed by atoms with Crippen molar-refractivity contribution in [2.75, 3.05) is 21.3 Å². The van der Waals surface area contributed by atoms with E-state index in [9.17, 15) is 17.6 Å². The second kappa shape index (κ2) is 9.29. The largest absolute Gasteiger partial charge is 0.351 e. The predicted octanol–water partition coefficient (Wildman–Crippen LogP) is 5.33. The van der Waals surface area contributed by atoms with E-state index >= 15 is 4.39 Å². The zero-order valence-electron chi connectivity index (χ0n) is 15.1. The highest BCUT2D eigenvalue weighted by atomic mass is 19.3. The first-order valence-corrected chi connectivity index (χ1v) is 8.15. The molecule has 1 unspecified atom stereocenters. The molecule has 3 nitrogen and oxygen atoms in total. The summed E-state index contributed by atoms with van der Waals surface area (Å²) in [6, 6.07) is 0. The topological polar surface area (TPSA) is 27.7 Å². The molecule has 0 saturated heterocycles. The van der Waals surface area contributed by atoms with Crippen molar-refractivity contribution in [2.24, 2.45) is 0 Å². The number of methoxy groups -OCH3 is 3. The Kier molecular flexibility index (Phi) is 9.11. The van der Waals surface area contributed by atoms with E-state index in [4.69, 9.17) is 0 Å². The summed E-state index contributed by atoms with van der Waals surface area (Å²) in [6.45, 7) is 3.26. The molecule has 0 aliphatic rings. The summed E-state index contributed by atoms with van der Waals surface area (Å²) in [5.41, 5.74) is -3.86. The molecule has 0 aromatic rings. The summed E-state index contributed by atoms with van der Waals surface area (Å²) in [6.07, 6.45) is -0.503. The zero-order valence-corrected chi connectivity index (χ0v) is 15.1. The van der Waals surface area contributed by atoms with Crippen LogP contribution in [0.1, 0.15) is 58.8 Å². The van der Waals surface area contributed by atoms with E-state index in [1.807, 2.05) is 6.92 Å². The molecule has 146 valence electrons. The van der Waals surface area contributed by atoms with E-state index < -0.39 is 36.3 Å². The first kappa shape index (κ1) is 23.5. The molecular weight excluding hydrogens is 335 g/mol. The smallest absolute Gasteiger partial charge is 0.328 e. The van der Waals surface area contributed by atoms with Crippen molar-refractivity contribution in [3.05, 3.63) is 0 Å². The molecule has 0 fully saturated rings. The zero-order chi connectivity index (χ0) is 19.1. The Labute approximate surface area is 140 Å². The summed E-state index contributed by atoms with van der Waals surface area (Å²) in [5, 5.41) is 0. The molecule has 0 bridgehead atoms. The fourth-order valence-corrected chi connectivity index (χ4v) is 2.80. The lowest BCUT2D eigenvalue weighted by Gasteiger charge is -2.46. The van der Waals surface area contributed by atoms with Crippen molar-refractivity contribution in [1.29, 1.82) is 0 Å². The third kappa shape index (κ3) is 4.19. The Balaban J connectivity index is 5.74. The molecule has 1 atom stereocenters. The molecule has 0 aromatic heterocycles. The van der Waals surface area contributed by atoms with Gasteiger partial charge in [-0.3, -0.25) is 0 Å². The molecule has 0 amide bonds. The third-order valence-electron chi connectivity index (χ3n) is 4.19. The van der Waals surface area contributed by atoms with Gasteiger partial charge in [-0.25, -0.2) is 4.39 Å². The Bertz CT molecular complexity index is 353. The van der Waals surface area contributed by atoms with Crippen LogP contribution in [0.15, 0.2) is 0 Å². The second-order valence-corrected chi connectivity index (χ2v) is 5.81. The number of halogens is 5. The van der Waals surface area contributed by atoms with Gasteiger partial charge in [-0.15, -0.1) is 0 Å². The molecular formula is C16H29F5O3. The molecule has 0 spiro atoms. The summed E-state index contributed by atoms with van der Waals surface area (Å²) >= 11 is 0. The van der Waals surface area contributed by atoms with Gasteiger partial charge in [-0.05, 0) is 12.8 Å². The number of unbranched alkanes of at least 4 members (excludes halogenated alkanes) is 3. The minimum absolute atomic E-state index is 0.126. The number of hydrogen-bond acceptors (Lipinski definition) is 3. The quantitative estimate of drug-likeness (QED) is 0.251. The number of ether oxygens (including phenoxy) is 3. The van der Waals surface area contributed by atoms with Gasteiger partial charge < -0.3 is 14.2 Å². The van der Waals surface area contributed by atoms with Gasteiger partial charge in [0.2, 0.25) is 0 Å². The molecule has 0 aliphatic heterocycles. The van der Waals surface area contributed by atoms with Crippen LogP contribution in [-0.4, -0.2) is 44.8 Å². The maximum Gasteiger partial charge on any atom is 0.351 e. The van der Waals surface area contributed by atoms with E-state index in [0.717, 1.165) is 27.8 Å². The standard InChI is InChI=1S/C16H29F5O3/c1-6-8-9-10-12-14(18,19)15(20,21)13(17,11-7-2)16(22-3,23-4)24-5/h6-12H2,1-5H3. The van der Waals surface area contributed by atoms with Crippen LogP contribution < -0.4 is 0 Å². The van der Waals surface area contributed by atoms with Crippen molar-refractivity contribution in [2.45, 2.75) is 82.3 Å². The lowest BCUT2D eigenvalue weighted by Crippen LogP contribution is -2.69. The normalized spacial score (nSPS) is 16.2. The summed E-state index contributed by atoms with van der Waals surface area (Å²) in [7, 11) is 2.60. The van der Waals surface area contributed by atoms with Crippen LogP contribution in [-0.2, 0) is 14.2 Å². The summed E-state index contributed by atoms with van der Waals surface area (Å²) in [5.74, 6) is -12.5. The van der Waals surface area contributed by atoms with Crippen molar-refractivity contribution in [3.8, 4) is 0 Å². The van der Waals surface area contributed by atoms with Gasteiger partial charge in [-0.1, -0.05) is 39.5 Å². The molecule has 0 N–H and O–H groups in total. The lowest BCUT2D eigenvalue weighted by molar-refractivity contribution is -0.452. The molecule has 0 aromatic carbocycles. The molecule has 8 heteroatoms. The van der Waals surface area contributed by atoms with Crippen LogP contribution in [0.25, 0.3) is 0 Å². The van der Waals surface area contributed by atoms with Crippen LogP contribution in [0.2, 0.25) is 0 Å². The number of rotatable bonds is 13. The van der Waals surface area contributed by atoms with E-state index in [1.165, 1.54) is 6.92 Å². The predicted molar refractivity (Wildman–Crippen MR) is 81.2 cm³/mol. The number of hydrogen-bond donors (Lipinski definition) is 0. The molecule has 24 heavy (non-hydrogen) atoms.